The van der Waals surface area contributed by atoms with Crippen LogP contribution in [0.15, 0.2) is 35.3 Å². The number of ether oxygens (including phenoxy) is 1. The normalized spacial score (nSPS) is 16.0. The lowest BCUT2D eigenvalue weighted by Gasteiger charge is -2.35. The summed E-state index contributed by atoms with van der Waals surface area (Å²) in [5.74, 6) is 1.57. The molecule has 2 aliphatic rings. The Bertz CT molecular complexity index is 1280. The van der Waals surface area contributed by atoms with Gasteiger partial charge in [-0.2, -0.15) is 0 Å². The van der Waals surface area contributed by atoms with E-state index in [2.05, 4.69) is 42.5 Å². The lowest BCUT2D eigenvalue weighted by atomic mass is 9.99. The van der Waals surface area contributed by atoms with Crippen LogP contribution in [0.5, 0.6) is 5.75 Å². The molecule has 0 unspecified atom stereocenters. The highest BCUT2D eigenvalue weighted by atomic mass is 16.5. The zero-order valence-electron chi connectivity index (χ0n) is 20.3. The number of aromatic nitrogens is 2. The first-order chi connectivity index (χ1) is 17.1. The molecule has 0 bridgehead atoms. The van der Waals surface area contributed by atoms with Crippen molar-refractivity contribution < 1.29 is 9.53 Å². The molecule has 0 spiro atoms. The van der Waals surface area contributed by atoms with Crippen molar-refractivity contribution in [3.63, 3.8) is 0 Å². The zero-order valence-corrected chi connectivity index (χ0v) is 20.3. The van der Waals surface area contributed by atoms with Gasteiger partial charge in [-0.05, 0) is 49.6 Å². The highest BCUT2D eigenvalue weighted by Gasteiger charge is 2.22. The van der Waals surface area contributed by atoms with Crippen molar-refractivity contribution in [1.82, 2.24) is 20.2 Å². The fraction of sp³-hybridized carbons (Fsp3) is 0.423. The van der Waals surface area contributed by atoms with Crippen LogP contribution in [0.3, 0.4) is 0 Å². The third kappa shape index (κ3) is 4.68. The van der Waals surface area contributed by atoms with Crippen LogP contribution < -0.4 is 25.8 Å². The molecule has 1 fully saturated rings. The zero-order chi connectivity index (χ0) is 24.4. The van der Waals surface area contributed by atoms with E-state index in [1.54, 1.807) is 13.2 Å². The van der Waals surface area contributed by atoms with Gasteiger partial charge in [-0.1, -0.05) is 0 Å². The Morgan fingerprint density at radius 3 is 2.74 bits per heavy atom. The van der Waals surface area contributed by atoms with E-state index in [1.165, 1.54) is 0 Å². The van der Waals surface area contributed by atoms with Gasteiger partial charge in [-0.15, -0.1) is 0 Å². The number of carbonyl (C=O) groups excluding carboxylic acids is 1. The molecule has 4 heterocycles. The number of amides is 1. The molecular formula is C26H32N6O3. The number of aromatic amines is 1. The molecule has 0 atom stereocenters. The van der Waals surface area contributed by atoms with Gasteiger partial charge < -0.3 is 25.3 Å². The summed E-state index contributed by atoms with van der Waals surface area (Å²) in [7, 11) is 1.62. The summed E-state index contributed by atoms with van der Waals surface area (Å²) in [4.78, 5) is 36.7. The number of rotatable bonds is 6. The molecule has 5 rings (SSSR count). The topological polar surface area (TPSA) is 103 Å². The molecule has 3 N–H and O–H groups in total. The summed E-state index contributed by atoms with van der Waals surface area (Å²) in [5, 5.41) is 7.03. The van der Waals surface area contributed by atoms with Gasteiger partial charge in [0.05, 0.1) is 28.8 Å². The summed E-state index contributed by atoms with van der Waals surface area (Å²) < 4.78 is 6.04. The van der Waals surface area contributed by atoms with Gasteiger partial charge >= 0.3 is 0 Å². The highest BCUT2D eigenvalue weighted by Crippen LogP contribution is 2.36. The largest absolute Gasteiger partial charge is 0.493 e. The number of carbonyl (C=O) groups is 1. The van der Waals surface area contributed by atoms with Crippen molar-refractivity contribution in [3.8, 4) is 5.75 Å². The Morgan fingerprint density at radius 2 is 2.03 bits per heavy atom. The number of nitrogens with one attached hydrogen (secondary N) is 3. The average molecular weight is 477 g/mol. The van der Waals surface area contributed by atoms with E-state index in [0.717, 1.165) is 91.4 Å². The van der Waals surface area contributed by atoms with Crippen LogP contribution in [0.2, 0.25) is 0 Å². The minimum Gasteiger partial charge on any atom is -0.493 e. The first kappa shape index (κ1) is 23.2. The molecule has 0 saturated carbocycles. The average Bonchev–Trinajstić information content (AvgIpc) is 2.89. The van der Waals surface area contributed by atoms with Crippen molar-refractivity contribution in [2.75, 3.05) is 56.6 Å². The number of benzene rings is 1. The predicted molar refractivity (Wildman–Crippen MR) is 138 cm³/mol. The van der Waals surface area contributed by atoms with E-state index >= 15 is 0 Å². The summed E-state index contributed by atoms with van der Waals surface area (Å²) in [6, 6.07) is 7.92. The fourth-order valence-electron chi connectivity index (χ4n) is 5.01. The Hall–Kier alpha value is -3.59. The quantitative estimate of drug-likeness (QED) is 0.502. The summed E-state index contributed by atoms with van der Waals surface area (Å²) in [5.41, 5.74) is 4.24. The molecular weight excluding hydrogens is 444 g/mol. The van der Waals surface area contributed by atoms with E-state index in [0.29, 0.717) is 12.2 Å². The lowest BCUT2D eigenvalue weighted by molar-refractivity contribution is 0.0962. The van der Waals surface area contributed by atoms with E-state index < -0.39 is 0 Å². The van der Waals surface area contributed by atoms with Crippen LogP contribution in [-0.4, -0.2) is 67.2 Å². The Balaban J connectivity index is 1.32. The summed E-state index contributed by atoms with van der Waals surface area (Å²) in [6.45, 7) is 7.69. The van der Waals surface area contributed by atoms with Gasteiger partial charge in [0, 0.05) is 58.1 Å². The van der Waals surface area contributed by atoms with Crippen LogP contribution in [0.25, 0.3) is 10.9 Å². The van der Waals surface area contributed by atoms with Gasteiger partial charge in [-0.25, -0.2) is 4.98 Å². The highest BCUT2D eigenvalue weighted by molar-refractivity contribution is 5.98. The van der Waals surface area contributed by atoms with Gasteiger partial charge in [0.15, 0.2) is 0 Å². The third-order valence-corrected chi connectivity index (χ3v) is 6.78. The van der Waals surface area contributed by atoms with Crippen molar-refractivity contribution in [2.45, 2.75) is 26.3 Å². The van der Waals surface area contributed by atoms with Gasteiger partial charge in [0.2, 0.25) is 0 Å². The predicted octanol–water partition coefficient (Wildman–Crippen LogP) is 2.36. The van der Waals surface area contributed by atoms with E-state index in [-0.39, 0.29) is 11.5 Å². The molecule has 1 saturated heterocycles. The number of H-pyrrole nitrogens is 1. The van der Waals surface area contributed by atoms with E-state index in [9.17, 15) is 9.59 Å². The monoisotopic (exact) mass is 476 g/mol. The molecule has 1 amide bonds. The number of pyridine rings is 2. The van der Waals surface area contributed by atoms with Gasteiger partial charge in [0.25, 0.3) is 11.5 Å². The van der Waals surface area contributed by atoms with Gasteiger partial charge in [0.1, 0.15) is 11.6 Å². The van der Waals surface area contributed by atoms with Crippen molar-refractivity contribution in [3.05, 3.63) is 57.5 Å². The summed E-state index contributed by atoms with van der Waals surface area (Å²) >= 11 is 0. The SMILES string of the molecule is CCOc1cc(CN2CCN(c3ccc(C(=O)NC)cn3)CC2)cc2[nH]c(=O)c3c(c12)NCCC3. The van der Waals surface area contributed by atoms with Crippen LogP contribution in [0, 0.1) is 0 Å². The van der Waals surface area contributed by atoms with Crippen LogP contribution >= 0.6 is 0 Å². The molecule has 35 heavy (non-hydrogen) atoms. The Kier molecular flexibility index (Phi) is 6.59. The molecule has 2 aromatic heterocycles. The standard InChI is InChI=1S/C26H32N6O3/c1-3-35-21-14-17(13-20-23(21)24-19(26(34)30-20)5-4-8-28-24)16-31-9-11-32(12-10-31)22-7-6-18(15-29-22)25(33)27-2/h6-7,13-15,28H,3-5,8-12,16H2,1-2H3,(H,27,33)(H,30,34). The molecule has 184 valence electrons. The molecule has 1 aromatic carbocycles. The number of piperazine rings is 1. The van der Waals surface area contributed by atoms with E-state index in [4.69, 9.17) is 4.74 Å². The third-order valence-electron chi connectivity index (χ3n) is 6.78. The minimum absolute atomic E-state index is 0.0113. The second-order valence-electron chi connectivity index (χ2n) is 9.03. The van der Waals surface area contributed by atoms with Crippen LogP contribution in [-0.2, 0) is 13.0 Å². The van der Waals surface area contributed by atoms with E-state index in [1.807, 2.05) is 19.1 Å². The fourth-order valence-corrected chi connectivity index (χ4v) is 5.01. The van der Waals surface area contributed by atoms with Crippen LogP contribution in [0.1, 0.15) is 34.8 Å². The van der Waals surface area contributed by atoms with Crippen molar-refractivity contribution in [1.29, 1.82) is 0 Å². The number of fused-ring (bicyclic) bond motifs is 3. The molecule has 3 aromatic rings. The number of hydrogen-bond donors (Lipinski definition) is 3. The molecule has 0 aliphatic carbocycles. The maximum Gasteiger partial charge on any atom is 0.253 e. The maximum absolute atomic E-state index is 12.7. The number of hydrogen-bond acceptors (Lipinski definition) is 7. The summed E-state index contributed by atoms with van der Waals surface area (Å²) in [6.07, 6.45) is 3.37. The van der Waals surface area contributed by atoms with Crippen LogP contribution in [0.4, 0.5) is 11.5 Å². The lowest BCUT2D eigenvalue weighted by Crippen LogP contribution is -2.46. The maximum atomic E-state index is 12.7. The van der Waals surface area contributed by atoms with Crippen molar-refractivity contribution >= 4 is 28.3 Å². The first-order valence-electron chi connectivity index (χ1n) is 12.3. The van der Waals surface area contributed by atoms with Gasteiger partial charge in [-0.3, -0.25) is 14.5 Å². The second-order valence-corrected chi connectivity index (χ2v) is 9.03. The van der Waals surface area contributed by atoms with Crippen molar-refractivity contribution in [2.24, 2.45) is 0 Å². The molecule has 9 nitrogen and oxygen atoms in total. The Morgan fingerprint density at radius 1 is 1.20 bits per heavy atom. The minimum atomic E-state index is -0.131. The Labute approximate surface area is 204 Å². The first-order valence-corrected chi connectivity index (χ1v) is 12.3. The second kappa shape index (κ2) is 9.95. The smallest absolute Gasteiger partial charge is 0.253 e. The molecule has 9 heteroatoms. The number of anilines is 2. The molecule has 2 aliphatic heterocycles. The number of nitrogens with zero attached hydrogens (tertiary/aromatic N) is 3. The molecule has 0 radical (unpaired) electrons.